The lowest BCUT2D eigenvalue weighted by Gasteiger charge is -2.21. The standard InChI is InChI=1S/C35H71NO4.C10H20O/c1-4-6-8-10-14-20-26-34(27-21-15-11-9-7-5-2)40-35(38)28-22-16-12-17-23-29-36(31-32-37)30-24-18-13-19-25-33-39-3;1-2-3-4-5-6-7-8-9-10-11/h34,37H,4-33H2,1-3H3;10H,2-9H2,1H3. The number of aldehydes is 1. The Kier molecular flexibility index (Phi) is 48.1. The van der Waals surface area contributed by atoms with Gasteiger partial charge in [-0.1, -0.05) is 162 Å². The van der Waals surface area contributed by atoms with Crippen molar-refractivity contribution >= 4 is 12.3 Å². The SMILES string of the molecule is CCCCCCCCC(CCCCCCCC)OC(=O)CCCCCCCN(CCO)CCCCCCCOC.CCCCCCCCCC=O. The number of hydrogen-bond acceptors (Lipinski definition) is 6. The van der Waals surface area contributed by atoms with Gasteiger partial charge in [-0.25, -0.2) is 0 Å². The van der Waals surface area contributed by atoms with E-state index in [0.717, 1.165) is 77.5 Å². The van der Waals surface area contributed by atoms with Gasteiger partial charge < -0.3 is 24.3 Å². The molecule has 0 aromatic carbocycles. The Morgan fingerprint density at radius 2 is 0.961 bits per heavy atom. The quantitative estimate of drug-likeness (QED) is 0.0384. The third kappa shape index (κ3) is 45.1. The van der Waals surface area contributed by atoms with E-state index in [1.54, 1.807) is 7.11 Å². The molecule has 0 aliphatic carbocycles. The molecular formula is C45H91NO5. The molecule has 51 heavy (non-hydrogen) atoms. The van der Waals surface area contributed by atoms with E-state index in [1.807, 2.05) is 0 Å². The number of unbranched alkanes of at least 4 members (excludes halogenated alkanes) is 25. The van der Waals surface area contributed by atoms with Crippen LogP contribution < -0.4 is 0 Å². The highest BCUT2D eigenvalue weighted by atomic mass is 16.5. The van der Waals surface area contributed by atoms with Crippen molar-refractivity contribution in [2.75, 3.05) is 40.0 Å². The van der Waals surface area contributed by atoms with Crippen molar-refractivity contribution < 1.29 is 24.2 Å². The molecule has 0 unspecified atom stereocenters. The number of methoxy groups -OCH3 is 1. The summed E-state index contributed by atoms with van der Waals surface area (Å²) in [6, 6.07) is 0. The van der Waals surface area contributed by atoms with Crippen molar-refractivity contribution in [1.82, 2.24) is 4.90 Å². The van der Waals surface area contributed by atoms with Gasteiger partial charge in [-0.05, 0) is 70.9 Å². The van der Waals surface area contributed by atoms with Crippen molar-refractivity contribution in [2.24, 2.45) is 0 Å². The summed E-state index contributed by atoms with van der Waals surface area (Å²) in [5.74, 6) is 0.0262. The minimum atomic E-state index is 0.0262. The first-order valence-electron chi connectivity index (χ1n) is 22.5. The van der Waals surface area contributed by atoms with Crippen molar-refractivity contribution in [1.29, 1.82) is 0 Å². The minimum Gasteiger partial charge on any atom is -0.462 e. The molecular weight excluding hydrogens is 634 g/mol. The summed E-state index contributed by atoms with van der Waals surface area (Å²) in [6.07, 6.45) is 40.9. The average molecular weight is 726 g/mol. The van der Waals surface area contributed by atoms with E-state index in [2.05, 4.69) is 25.7 Å². The predicted molar refractivity (Wildman–Crippen MR) is 221 cm³/mol. The van der Waals surface area contributed by atoms with Crippen LogP contribution in [0.5, 0.6) is 0 Å². The fourth-order valence-corrected chi connectivity index (χ4v) is 6.72. The smallest absolute Gasteiger partial charge is 0.306 e. The van der Waals surface area contributed by atoms with E-state index < -0.39 is 0 Å². The molecule has 0 aromatic heterocycles. The number of rotatable bonds is 41. The highest BCUT2D eigenvalue weighted by molar-refractivity contribution is 5.69. The highest BCUT2D eigenvalue weighted by Gasteiger charge is 2.14. The fraction of sp³-hybridized carbons (Fsp3) is 0.956. The van der Waals surface area contributed by atoms with Gasteiger partial charge in [0.05, 0.1) is 6.61 Å². The Hall–Kier alpha value is -0.980. The third-order valence-corrected chi connectivity index (χ3v) is 10.1. The zero-order valence-corrected chi connectivity index (χ0v) is 35.1. The van der Waals surface area contributed by atoms with E-state index in [1.165, 1.54) is 161 Å². The molecule has 0 radical (unpaired) electrons. The number of carbonyl (C=O) groups excluding carboxylic acids is 2. The summed E-state index contributed by atoms with van der Waals surface area (Å²) in [7, 11) is 1.77. The lowest BCUT2D eigenvalue weighted by Crippen LogP contribution is -2.29. The number of carbonyl (C=O) groups is 2. The topological polar surface area (TPSA) is 76.1 Å². The van der Waals surface area contributed by atoms with Gasteiger partial charge in [0, 0.05) is 33.1 Å². The largest absolute Gasteiger partial charge is 0.462 e. The van der Waals surface area contributed by atoms with Gasteiger partial charge in [-0.3, -0.25) is 4.79 Å². The molecule has 0 aliphatic heterocycles. The second-order valence-electron chi connectivity index (χ2n) is 15.1. The summed E-state index contributed by atoms with van der Waals surface area (Å²) >= 11 is 0. The first-order chi connectivity index (χ1) is 25.1. The van der Waals surface area contributed by atoms with Gasteiger partial charge >= 0.3 is 5.97 Å². The Balaban J connectivity index is 0. The van der Waals surface area contributed by atoms with Gasteiger partial charge in [-0.15, -0.1) is 0 Å². The molecule has 0 aliphatic rings. The second kappa shape index (κ2) is 47.0. The van der Waals surface area contributed by atoms with Crippen LogP contribution in [0.1, 0.15) is 233 Å². The van der Waals surface area contributed by atoms with Crippen molar-refractivity contribution in [3.8, 4) is 0 Å². The van der Waals surface area contributed by atoms with Gasteiger partial charge in [-0.2, -0.15) is 0 Å². The van der Waals surface area contributed by atoms with E-state index >= 15 is 0 Å². The molecule has 306 valence electrons. The summed E-state index contributed by atoms with van der Waals surface area (Å²) in [4.78, 5) is 24.9. The van der Waals surface area contributed by atoms with Crippen LogP contribution in [-0.2, 0) is 19.1 Å². The van der Waals surface area contributed by atoms with Crippen LogP contribution in [0.25, 0.3) is 0 Å². The van der Waals surface area contributed by atoms with Crippen LogP contribution in [-0.4, -0.2) is 68.3 Å². The summed E-state index contributed by atoms with van der Waals surface area (Å²) in [6.45, 7) is 10.8. The van der Waals surface area contributed by atoms with Crippen LogP contribution in [0.4, 0.5) is 0 Å². The van der Waals surface area contributed by atoms with Crippen LogP contribution in [0.15, 0.2) is 0 Å². The van der Waals surface area contributed by atoms with E-state index in [4.69, 9.17) is 9.47 Å². The van der Waals surface area contributed by atoms with E-state index in [0.29, 0.717) is 6.42 Å². The van der Waals surface area contributed by atoms with E-state index in [9.17, 15) is 14.7 Å². The van der Waals surface area contributed by atoms with E-state index in [-0.39, 0.29) is 18.7 Å². The first kappa shape index (κ1) is 52.1. The van der Waals surface area contributed by atoms with Crippen LogP contribution in [0, 0.1) is 0 Å². The maximum Gasteiger partial charge on any atom is 0.306 e. The number of hydrogen-bond donors (Lipinski definition) is 1. The molecule has 6 nitrogen and oxygen atoms in total. The highest BCUT2D eigenvalue weighted by Crippen LogP contribution is 2.18. The Bertz CT molecular complexity index is 645. The number of aliphatic hydroxyl groups excluding tert-OH is 1. The molecule has 0 aromatic rings. The van der Waals surface area contributed by atoms with Gasteiger partial charge in [0.25, 0.3) is 0 Å². The zero-order chi connectivity index (χ0) is 37.7. The molecule has 0 saturated heterocycles. The normalized spacial score (nSPS) is 11.3. The Morgan fingerprint density at radius 1 is 0.549 bits per heavy atom. The van der Waals surface area contributed by atoms with Crippen molar-refractivity contribution in [2.45, 2.75) is 239 Å². The van der Waals surface area contributed by atoms with Crippen LogP contribution in [0.3, 0.4) is 0 Å². The van der Waals surface area contributed by atoms with Crippen LogP contribution >= 0.6 is 0 Å². The molecule has 0 atom stereocenters. The Morgan fingerprint density at radius 3 is 1.41 bits per heavy atom. The number of esters is 1. The predicted octanol–water partition coefficient (Wildman–Crippen LogP) is 13.0. The second-order valence-corrected chi connectivity index (χ2v) is 15.1. The van der Waals surface area contributed by atoms with Crippen LogP contribution in [0.2, 0.25) is 0 Å². The lowest BCUT2D eigenvalue weighted by atomic mass is 10.0. The maximum absolute atomic E-state index is 12.6. The molecule has 0 heterocycles. The molecule has 0 amide bonds. The van der Waals surface area contributed by atoms with Gasteiger partial charge in [0.15, 0.2) is 0 Å². The monoisotopic (exact) mass is 726 g/mol. The average Bonchev–Trinajstić information content (AvgIpc) is 3.13. The number of nitrogens with zero attached hydrogens (tertiary/aromatic N) is 1. The molecule has 1 N–H and O–H groups in total. The first-order valence-corrected chi connectivity index (χ1v) is 22.5. The number of ether oxygens (including phenoxy) is 2. The van der Waals surface area contributed by atoms with Crippen molar-refractivity contribution in [3.63, 3.8) is 0 Å². The van der Waals surface area contributed by atoms with Gasteiger partial charge in [0.2, 0.25) is 0 Å². The maximum atomic E-state index is 12.6. The Labute approximate surface area is 319 Å². The molecule has 0 fully saturated rings. The lowest BCUT2D eigenvalue weighted by molar-refractivity contribution is -0.150. The molecule has 0 saturated carbocycles. The van der Waals surface area contributed by atoms with Gasteiger partial charge in [0.1, 0.15) is 12.4 Å². The minimum absolute atomic E-state index is 0.0262. The number of aliphatic hydroxyl groups is 1. The summed E-state index contributed by atoms with van der Waals surface area (Å²) < 4.78 is 11.1. The fourth-order valence-electron chi connectivity index (χ4n) is 6.72. The molecule has 0 rings (SSSR count). The molecule has 0 bridgehead atoms. The molecule has 0 spiro atoms. The van der Waals surface area contributed by atoms with Crippen molar-refractivity contribution in [3.05, 3.63) is 0 Å². The zero-order valence-electron chi connectivity index (χ0n) is 35.1. The summed E-state index contributed by atoms with van der Waals surface area (Å²) in [5.41, 5.74) is 0. The molecule has 6 heteroatoms. The summed E-state index contributed by atoms with van der Waals surface area (Å²) in [5, 5.41) is 9.41. The third-order valence-electron chi connectivity index (χ3n) is 10.1.